The molecule has 2 aromatic rings. The van der Waals surface area contributed by atoms with Crippen LogP contribution in [0.25, 0.3) is 0 Å². The Morgan fingerprint density at radius 2 is 2.33 bits per heavy atom. The number of thiophene rings is 1. The summed E-state index contributed by atoms with van der Waals surface area (Å²) in [5, 5.41) is 9.13. The van der Waals surface area contributed by atoms with Crippen LogP contribution < -0.4 is 10.2 Å². The second-order valence-electron chi connectivity index (χ2n) is 5.71. The molecule has 2 heterocycles. The molecule has 0 aliphatic heterocycles. The van der Waals surface area contributed by atoms with Crippen LogP contribution in [-0.4, -0.2) is 17.6 Å². The van der Waals surface area contributed by atoms with E-state index in [0.717, 1.165) is 13.1 Å². The van der Waals surface area contributed by atoms with Gasteiger partial charge in [-0.1, -0.05) is 6.92 Å². The Morgan fingerprint density at radius 3 is 3.00 bits per heavy atom. The maximum absolute atomic E-state index is 4.70. The largest absolute Gasteiger partial charge is 0.341 e. The molecule has 3 rings (SSSR count). The average molecular weight is 322 g/mol. The van der Waals surface area contributed by atoms with Crippen molar-refractivity contribution in [1.82, 2.24) is 10.3 Å². The van der Waals surface area contributed by atoms with Crippen LogP contribution in [0.4, 0.5) is 5.13 Å². The number of aromatic nitrogens is 1. The van der Waals surface area contributed by atoms with E-state index in [0.29, 0.717) is 12.1 Å². The minimum absolute atomic E-state index is 0.401. The summed E-state index contributed by atoms with van der Waals surface area (Å²) in [6, 6.07) is 3.32. The first kappa shape index (κ1) is 15.0. The number of anilines is 1. The van der Waals surface area contributed by atoms with Crippen LogP contribution in [0.5, 0.6) is 0 Å². The van der Waals surface area contributed by atoms with Gasteiger partial charge in [-0.3, -0.25) is 0 Å². The standard InChI is InChI=1S/C16H23N3S2/c1-3-7-17-12(2)15-9-18-16(21-15)19(14-4-5-14)10-13-6-8-20-11-13/h6,8-9,11-12,14,17H,3-5,7,10H2,1-2H3. The van der Waals surface area contributed by atoms with Gasteiger partial charge in [-0.15, -0.1) is 11.3 Å². The fourth-order valence-corrected chi connectivity index (χ4v) is 4.06. The number of thiazole rings is 1. The summed E-state index contributed by atoms with van der Waals surface area (Å²) < 4.78 is 0. The fourth-order valence-electron chi connectivity index (χ4n) is 2.39. The van der Waals surface area contributed by atoms with Gasteiger partial charge in [0.25, 0.3) is 0 Å². The zero-order chi connectivity index (χ0) is 14.7. The number of nitrogens with zero attached hydrogens (tertiary/aromatic N) is 2. The Bertz CT molecular complexity index is 546. The lowest BCUT2D eigenvalue weighted by atomic mass is 10.3. The van der Waals surface area contributed by atoms with E-state index in [1.54, 1.807) is 11.3 Å². The molecular formula is C16H23N3S2. The van der Waals surface area contributed by atoms with E-state index >= 15 is 0 Å². The van der Waals surface area contributed by atoms with Gasteiger partial charge >= 0.3 is 0 Å². The van der Waals surface area contributed by atoms with E-state index in [1.807, 2.05) is 11.3 Å². The molecule has 1 fully saturated rings. The molecule has 114 valence electrons. The first-order chi connectivity index (χ1) is 10.3. The maximum atomic E-state index is 4.70. The summed E-state index contributed by atoms with van der Waals surface area (Å²) in [4.78, 5) is 8.53. The van der Waals surface area contributed by atoms with Crippen LogP contribution in [0.15, 0.2) is 23.0 Å². The lowest BCUT2D eigenvalue weighted by Gasteiger charge is -2.21. The summed E-state index contributed by atoms with van der Waals surface area (Å²) in [5.74, 6) is 0. The lowest BCUT2D eigenvalue weighted by Crippen LogP contribution is -2.24. The first-order valence-electron chi connectivity index (χ1n) is 7.74. The highest BCUT2D eigenvalue weighted by molar-refractivity contribution is 7.15. The number of hydrogen-bond donors (Lipinski definition) is 1. The van der Waals surface area contributed by atoms with Gasteiger partial charge < -0.3 is 10.2 Å². The highest BCUT2D eigenvalue weighted by Gasteiger charge is 2.31. The third kappa shape index (κ3) is 3.84. The second-order valence-corrected chi connectivity index (χ2v) is 7.53. The van der Waals surface area contributed by atoms with Crippen molar-refractivity contribution in [2.24, 2.45) is 0 Å². The van der Waals surface area contributed by atoms with E-state index in [2.05, 4.69) is 47.1 Å². The van der Waals surface area contributed by atoms with Gasteiger partial charge in [0.05, 0.1) is 0 Å². The Labute approximate surface area is 135 Å². The van der Waals surface area contributed by atoms with E-state index in [-0.39, 0.29) is 0 Å². The Balaban J connectivity index is 1.70. The maximum Gasteiger partial charge on any atom is 0.186 e. The topological polar surface area (TPSA) is 28.2 Å². The molecule has 0 amide bonds. The van der Waals surface area contributed by atoms with Gasteiger partial charge in [-0.2, -0.15) is 11.3 Å². The summed E-state index contributed by atoms with van der Waals surface area (Å²) >= 11 is 3.62. The zero-order valence-corrected chi connectivity index (χ0v) is 14.3. The molecule has 5 heteroatoms. The molecular weight excluding hydrogens is 298 g/mol. The molecule has 0 aromatic carbocycles. The molecule has 0 spiro atoms. The smallest absolute Gasteiger partial charge is 0.186 e. The molecule has 1 aliphatic carbocycles. The Morgan fingerprint density at radius 1 is 1.48 bits per heavy atom. The molecule has 21 heavy (non-hydrogen) atoms. The Kier molecular flexibility index (Phi) is 4.93. The van der Waals surface area contributed by atoms with Crippen molar-refractivity contribution in [2.45, 2.75) is 51.7 Å². The van der Waals surface area contributed by atoms with Crippen molar-refractivity contribution in [2.75, 3.05) is 11.4 Å². The van der Waals surface area contributed by atoms with Crippen LogP contribution in [0.3, 0.4) is 0 Å². The predicted octanol–water partition coefficient (Wildman–Crippen LogP) is 4.43. The van der Waals surface area contributed by atoms with E-state index in [4.69, 9.17) is 4.98 Å². The summed E-state index contributed by atoms with van der Waals surface area (Å²) in [6.45, 7) is 6.49. The SMILES string of the molecule is CCCNC(C)c1cnc(N(Cc2ccsc2)C2CC2)s1. The monoisotopic (exact) mass is 321 g/mol. The van der Waals surface area contributed by atoms with E-state index < -0.39 is 0 Å². The summed E-state index contributed by atoms with van der Waals surface area (Å²) in [5.41, 5.74) is 1.40. The molecule has 0 bridgehead atoms. The quantitative estimate of drug-likeness (QED) is 0.779. The molecule has 1 aliphatic rings. The fraction of sp³-hybridized carbons (Fsp3) is 0.562. The molecule has 1 N–H and O–H groups in total. The van der Waals surface area contributed by atoms with Crippen LogP contribution in [0.2, 0.25) is 0 Å². The van der Waals surface area contributed by atoms with Crippen molar-refractivity contribution in [3.8, 4) is 0 Å². The summed E-state index contributed by atoms with van der Waals surface area (Å²) in [7, 11) is 0. The predicted molar refractivity (Wildman–Crippen MR) is 92.3 cm³/mol. The van der Waals surface area contributed by atoms with Gasteiger partial charge in [0, 0.05) is 29.7 Å². The minimum Gasteiger partial charge on any atom is -0.341 e. The lowest BCUT2D eigenvalue weighted by molar-refractivity contribution is 0.577. The number of nitrogens with one attached hydrogen (secondary N) is 1. The van der Waals surface area contributed by atoms with Gasteiger partial charge in [0.15, 0.2) is 5.13 Å². The molecule has 0 radical (unpaired) electrons. The summed E-state index contributed by atoms with van der Waals surface area (Å²) in [6.07, 6.45) is 5.84. The molecule has 1 saturated carbocycles. The van der Waals surface area contributed by atoms with Crippen molar-refractivity contribution in [3.63, 3.8) is 0 Å². The molecule has 2 aromatic heterocycles. The van der Waals surface area contributed by atoms with Crippen molar-refractivity contribution >= 4 is 27.8 Å². The molecule has 1 unspecified atom stereocenters. The van der Waals surface area contributed by atoms with Crippen molar-refractivity contribution in [1.29, 1.82) is 0 Å². The third-order valence-electron chi connectivity index (χ3n) is 3.81. The number of hydrogen-bond acceptors (Lipinski definition) is 5. The van der Waals surface area contributed by atoms with Crippen LogP contribution in [-0.2, 0) is 6.54 Å². The van der Waals surface area contributed by atoms with Crippen LogP contribution in [0, 0.1) is 0 Å². The minimum atomic E-state index is 0.401. The number of rotatable bonds is 8. The highest BCUT2D eigenvalue weighted by atomic mass is 32.1. The van der Waals surface area contributed by atoms with Gasteiger partial charge in [0.2, 0.25) is 0 Å². The van der Waals surface area contributed by atoms with Crippen LogP contribution in [0.1, 0.15) is 49.6 Å². The van der Waals surface area contributed by atoms with Gasteiger partial charge in [-0.25, -0.2) is 4.98 Å². The third-order valence-corrected chi connectivity index (χ3v) is 5.75. The zero-order valence-electron chi connectivity index (χ0n) is 12.7. The highest BCUT2D eigenvalue weighted by Crippen LogP contribution is 2.36. The van der Waals surface area contributed by atoms with Gasteiger partial charge in [-0.05, 0) is 55.1 Å². The Hall–Kier alpha value is -0.910. The van der Waals surface area contributed by atoms with Crippen LogP contribution >= 0.6 is 22.7 Å². The van der Waals surface area contributed by atoms with E-state index in [1.165, 1.54) is 34.8 Å². The molecule has 1 atom stereocenters. The second kappa shape index (κ2) is 6.90. The van der Waals surface area contributed by atoms with Crippen molar-refractivity contribution < 1.29 is 0 Å². The normalized spacial score (nSPS) is 16.1. The first-order valence-corrected chi connectivity index (χ1v) is 9.50. The molecule has 0 saturated heterocycles. The van der Waals surface area contributed by atoms with Gasteiger partial charge in [0.1, 0.15) is 0 Å². The average Bonchev–Trinajstić information content (AvgIpc) is 3.01. The van der Waals surface area contributed by atoms with Crippen molar-refractivity contribution in [3.05, 3.63) is 33.5 Å². The van der Waals surface area contributed by atoms with E-state index in [9.17, 15) is 0 Å². The molecule has 3 nitrogen and oxygen atoms in total.